The SMILES string of the molecule is COc1ccccc1CCNC(=O)CNS(=O)(=O)c1cccc(C)c1. The summed E-state index contributed by atoms with van der Waals surface area (Å²) in [6, 6.07) is 14.1. The number of carbonyl (C=O) groups excluding carboxylic acids is 1. The summed E-state index contributed by atoms with van der Waals surface area (Å²) in [5.74, 6) is 0.378. The zero-order valence-corrected chi connectivity index (χ0v) is 15.1. The number of sulfonamides is 1. The Balaban J connectivity index is 1.82. The lowest BCUT2D eigenvalue weighted by Gasteiger charge is -2.10. The maximum absolute atomic E-state index is 12.2. The lowest BCUT2D eigenvalue weighted by Crippen LogP contribution is -2.37. The molecule has 2 aromatic rings. The molecule has 0 spiro atoms. The van der Waals surface area contributed by atoms with E-state index in [0.717, 1.165) is 16.9 Å². The van der Waals surface area contributed by atoms with E-state index in [0.29, 0.717) is 13.0 Å². The molecule has 0 heterocycles. The molecule has 25 heavy (non-hydrogen) atoms. The number of rotatable bonds is 8. The summed E-state index contributed by atoms with van der Waals surface area (Å²) in [6.07, 6.45) is 0.598. The highest BCUT2D eigenvalue weighted by Crippen LogP contribution is 2.17. The molecule has 0 aliphatic heterocycles. The van der Waals surface area contributed by atoms with Gasteiger partial charge >= 0.3 is 0 Å². The minimum atomic E-state index is -3.70. The largest absolute Gasteiger partial charge is 0.496 e. The van der Waals surface area contributed by atoms with E-state index in [4.69, 9.17) is 4.74 Å². The van der Waals surface area contributed by atoms with Crippen LogP contribution in [0.3, 0.4) is 0 Å². The minimum Gasteiger partial charge on any atom is -0.496 e. The van der Waals surface area contributed by atoms with E-state index in [1.54, 1.807) is 19.2 Å². The molecule has 0 unspecified atom stereocenters. The van der Waals surface area contributed by atoms with Crippen molar-refractivity contribution in [3.05, 3.63) is 59.7 Å². The highest BCUT2D eigenvalue weighted by atomic mass is 32.2. The number of aryl methyl sites for hydroxylation is 1. The van der Waals surface area contributed by atoms with Gasteiger partial charge in [-0.05, 0) is 42.7 Å². The predicted molar refractivity (Wildman–Crippen MR) is 96.1 cm³/mol. The lowest BCUT2D eigenvalue weighted by molar-refractivity contribution is -0.119. The fourth-order valence-corrected chi connectivity index (χ4v) is 3.42. The summed E-state index contributed by atoms with van der Waals surface area (Å²) in [6.45, 7) is 1.90. The van der Waals surface area contributed by atoms with Crippen LogP contribution in [0.1, 0.15) is 11.1 Å². The lowest BCUT2D eigenvalue weighted by atomic mass is 10.1. The van der Waals surface area contributed by atoms with Crippen LogP contribution >= 0.6 is 0 Å². The highest BCUT2D eigenvalue weighted by Gasteiger charge is 2.15. The topological polar surface area (TPSA) is 84.5 Å². The van der Waals surface area contributed by atoms with Gasteiger partial charge in [-0.15, -0.1) is 0 Å². The molecule has 1 amide bonds. The third-order valence-electron chi connectivity index (χ3n) is 3.63. The number of benzene rings is 2. The fraction of sp³-hybridized carbons (Fsp3) is 0.278. The Morgan fingerprint density at radius 1 is 1.12 bits per heavy atom. The molecule has 0 aromatic heterocycles. The zero-order valence-electron chi connectivity index (χ0n) is 14.3. The van der Waals surface area contributed by atoms with Gasteiger partial charge in [-0.1, -0.05) is 30.3 Å². The smallest absolute Gasteiger partial charge is 0.241 e. The van der Waals surface area contributed by atoms with Crippen LogP contribution in [-0.4, -0.2) is 34.5 Å². The molecule has 2 aromatic carbocycles. The molecule has 0 saturated carbocycles. The summed E-state index contributed by atoms with van der Waals surface area (Å²) in [5, 5.41) is 2.70. The average Bonchev–Trinajstić information content (AvgIpc) is 2.60. The Bertz CT molecular complexity index is 834. The van der Waals surface area contributed by atoms with Crippen LogP contribution in [0.25, 0.3) is 0 Å². The summed E-state index contributed by atoms with van der Waals surface area (Å²) >= 11 is 0. The average molecular weight is 362 g/mol. The molecular weight excluding hydrogens is 340 g/mol. The van der Waals surface area contributed by atoms with Crippen molar-refractivity contribution in [2.45, 2.75) is 18.2 Å². The van der Waals surface area contributed by atoms with E-state index < -0.39 is 10.0 Å². The molecular formula is C18H22N2O4S. The molecule has 2 N–H and O–H groups in total. The predicted octanol–water partition coefficient (Wildman–Crippen LogP) is 1.64. The van der Waals surface area contributed by atoms with E-state index in [-0.39, 0.29) is 17.3 Å². The number of ether oxygens (including phenoxy) is 1. The van der Waals surface area contributed by atoms with Crippen molar-refractivity contribution in [2.75, 3.05) is 20.2 Å². The van der Waals surface area contributed by atoms with E-state index >= 15 is 0 Å². The molecule has 0 atom stereocenters. The standard InChI is InChI=1S/C18H22N2O4S/c1-14-6-5-8-16(12-14)25(22,23)20-13-18(21)19-11-10-15-7-3-4-9-17(15)24-2/h3-9,12,20H,10-11,13H2,1-2H3,(H,19,21). The molecule has 0 aliphatic rings. The number of nitrogens with one attached hydrogen (secondary N) is 2. The summed E-state index contributed by atoms with van der Waals surface area (Å²) in [4.78, 5) is 12.0. The van der Waals surface area contributed by atoms with E-state index in [2.05, 4.69) is 10.0 Å². The molecule has 0 bridgehead atoms. The van der Waals surface area contributed by atoms with Gasteiger partial charge in [-0.2, -0.15) is 0 Å². The van der Waals surface area contributed by atoms with Gasteiger partial charge in [0.15, 0.2) is 0 Å². The first-order valence-corrected chi connectivity index (χ1v) is 9.35. The third-order valence-corrected chi connectivity index (χ3v) is 5.03. The van der Waals surface area contributed by atoms with Crippen molar-refractivity contribution in [3.8, 4) is 5.75 Å². The third kappa shape index (κ3) is 5.58. The first-order valence-electron chi connectivity index (χ1n) is 7.87. The van der Waals surface area contributed by atoms with Crippen LogP contribution in [0.2, 0.25) is 0 Å². The van der Waals surface area contributed by atoms with Gasteiger partial charge in [-0.3, -0.25) is 4.79 Å². The first-order chi connectivity index (χ1) is 11.9. The van der Waals surface area contributed by atoms with Crippen molar-refractivity contribution >= 4 is 15.9 Å². The van der Waals surface area contributed by atoms with Crippen LogP contribution in [0.15, 0.2) is 53.4 Å². The van der Waals surface area contributed by atoms with Gasteiger partial charge < -0.3 is 10.1 Å². The number of para-hydroxylation sites is 1. The number of hydrogen-bond acceptors (Lipinski definition) is 4. The summed E-state index contributed by atoms with van der Waals surface area (Å²) in [7, 11) is -2.10. The Kier molecular flexibility index (Phi) is 6.55. The van der Waals surface area contributed by atoms with Gasteiger partial charge in [0, 0.05) is 6.54 Å². The van der Waals surface area contributed by atoms with Crippen LogP contribution in [0, 0.1) is 6.92 Å². The van der Waals surface area contributed by atoms with Crippen LogP contribution in [-0.2, 0) is 21.2 Å². The van der Waals surface area contributed by atoms with Crippen LogP contribution in [0.5, 0.6) is 5.75 Å². The Morgan fingerprint density at radius 3 is 2.60 bits per heavy atom. The van der Waals surface area contributed by atoms with Gasteiger partial charge in [0.2, 0.25) is 15.9 Å². The molecule has 0 radical (unpaired) electrons. The second kappa shape index (κ2) is 8.64. The van der Waals surface area contributed by atoms with Crippen molar-refractivity contribution in [1.29, 1.82) is 0 Å². The minimum absolute atomic E-state index is 0.148. The molecule has 0 fully saturated rings. The molecule has 134 valence electrons. The van der Waals surface area contributed by atoms with Gasteiger partial charge in [0.1, 0.15) is 5.75 Å². The van der Waals surface area contributed by atoms with E-state index in [9.17, 15) is 13.2 Å². The Morgan fingerprint density at radius 2 is 1.88 bits per heavy atom. The molecule has 2 rings (SSSR count). The highest BCUT2D eigenvalue weighted by molar-refractivity contribution is 7.89. The van der Waals surface area contributed by atoms with Crippen molar-refractivity contribution in [3.63, 3.8) is 0 Å². The summed E-state index contributed by atoms with van der Waals surface area (Å²) < 4.78 is 31.9. The number of methoxy groups -OCH3 is 1. The van der Waals surface area contributed by atoms with Crippen LogP contribution < -0.4 is 14.8 Å². The van der Waals surface area contributed by atoms with Crippen LogP contribution in [0.4, 0.5) is 0 Å². The zero-order chi connectivity index (χ0) is 18.3. The number of hydrogen-bond donors (Lipinski definition) is 2. The van der Waals surface area contributed by atoms with Crippen molar-refractivity contribution in [2.24, 2.45) is 0 Å². The molecule has 0 saturated heterocycles. The van der Waals surface area contributed by atoms with Gasteiger partial charge in [0.05, 0.1) is 18.6 Å². The number of carbonyl (C=O) groups is 1. The van der Waals surface area contributed by atoms with Crippen molar-refractivity contribution in [1.82, 2.24) is 10.0 Å². The Hall–Kier alpha value is -2.38. The van der Waals surface area contributed by atoms with Crippen molar-refractivity contribution < 1.29 is 17.9 Å². The van der Waals surface area contributed by atoms with E-state index in [1.165, 1.54) is 6.07 Å². The van der Waals surface area contributed by atoms with Gasteiger partial charge in [0.25, 0.3) is 0 Å². The summed E-state index contributed by atoms with van der Waals surface area (Å²) in [5.41, 5.74) is 1.81. The second-order valence-electron chi connectivity index (χ2n) is 5.55. The monoisotopic (exact) mass is 362 g/mol. The second-order valence-corrected chi connectivity index (χ2v) is 7.32. The maximum atomic E-state index is 12.2. The maximum Gasteiger partial charge on any atom is 0.241 e. The quantitative estimate of drug-likeness (QED) is 0.748. The normalized spacial score (nSPS) is 11.1. The molecule has 0 aliphatic carbocycles. The van der Waals surface area contributed by atoms with Gasteiger partial charge in [-0.25, -0.2) is 13.1 Å². The Labute approximate surface area is 148 Å². The number of amides is 1. The first kappa shape index (κ1) is 19.0. The fourth-order valence-electron chi connectivity index (χ4n) is 2.33. The molecule has 7 heteroatoms. The molecule has 6 nitrogen and oxygen atoms in total. The van der Waals surface area contributed by atoms with E-state index in [1.807, 2.05) is 37.3 Å².